The summed E-state index contributed by atoms with van der Waals surface area (Å²) in [7, 11) is 1.66. The first-order valence-corrected chi connectivity index (χ1v) is 11.9. The van der Waals surface area contributed by atoms with Crippen LogP contribution in [-0.2, 0) is 11.2 Å². The molecule has 5 rings (SSSR count). The zero-order valence-corrected chi connectivity index (χ0v) is 19.7. The minimum atomic E-state index is -0.496. The summed E-state index contributed by atoms with van der Waals surface area (Å²) in [6.07, 6.45) is 2.16. The Hall–Kier alpha value is -2.44. The van der Waals surface area contributed by atoms with E-state index in [4.69, 9.17) is 26.1 Å². The van der Waals surface area contributed by atoms with Crippen LogP contribution in [0.5, 0.6) is 5.88 Å². The second-order valence-corrected chi connectivity index (χ2v) is 9.24. The Morgan fingerprint density at radius 2 is 1.88 bits per heavy atom. The van der Waals surface area contributed by atoms with Gasteiger partial charge < -0.3 is 19.9 Å². The summed E-state index contributed by atoms with van der Waals surface area (Å²) in [5.74, 6) is 0.622. The fraction of sp³-hybridized carbons (Fsp3) is 0.370. The number of hydrogen-bond donors (Lipinski definition) is 2. The lowest BCUT2D eigenvalue weighted by molar-refractivity contribution is -0.0304. The number of hydrogen-bond acceptors (Lipinski definition) is 5. The Morgan fingerprint density at radius 3 is 2.67 bits per heavy atom. The van der Waals surface area contributed by atoms with Gasteiger partial charge in [-0.25, -0.2) is 4.98 Å². The first-order chi connectivity index (χ1) is 16.1. The van der Waals surface area contributed by atoms with E-state index in [0.717, 1.165) is 47.2 Å². The number of halogens is 1. The van der Waals surface area contributed by atoms with Gasteiger partial charge in [0.25, 0.3) is 0 Å². The molecular formula is C27H29ClN2O3. The summed E-state index contributed by atoms with van der Waals surface area (Å²) in [6.45, 7) is 3.14. The smallest absolute Gasteiger partial charge is 0.218 e. The Balaban J connectivity index is 1.51. The van der Waals surface area contributed by atoms with Crippen LogP contribution >= 0.6 is 11.6 Å². The third-order valence-corrected chi connectivity index (χ3v) is 7.21. The minimum Gasteiger partial charge on any atom is -0.481 e. The van der Waals surface area contributed by atoms with E-state index in [1.54, 1.807) is 7.11 Å². The first kappa shape index (κ1) is 22.4. The molecule has 1 saturated heterocycles. The molecule has 172 valence electrons. The third-order valence-electron chi connectivity index (χ3n) is 6.80. The molecule has 33 heavy (non-hydrogen) atoms. The van der Waals surface area contributed by atoms with E-state index in [9.17, 15) is 5.11 Å². The third kappa shape index (κ3) is 4.26. The number of nitrogens with zero attached hydrogens (tertiary/aromatic N) is 1. The normalized spacial score (nSPS) is 22.2. The van der Waals surface area contributed by atoms with E-state index in [0.29, 0.717) is 24.1 Å². The van der Waals surface area contributed by atoms with E-state index in [-0.39, 0.29) is 12.1 Å². The van der Waals surface area contributed by atoms with Crippen LogP contribution in [0.4, 0.5) is 0 Å². The lowest BCUT2D eigenvalue weighted by atomic mass is 9.97. The van der Waals surface area contributed by atoms with Gasteiger partial charge in [-0.2, -0.15) is 0 Å². The second-order valence-electron chi connectivity index (χ2n) is 8.87. The number of aliphatic hydroxyl groups excluding tert-OH is 1. The Labute approximate surface area is 199 Å². The monoisotopic (exact) mass is 464 g/mol. The molecule has 5 nitrogen and oxygen atoms in total. The SMILES string of the molecule is COc1nc(-c2cccc(-c3ccccc3C)c2Cl)cc2c1C(NC1CCOCC1O)CC2. The van der Waals surface area contributed by atoms with Gasteiger partial charge in [0.15, 0.2) is 0 Å². The highest BCUT2D eigenvalue weighted by Crippen LogP contribution is 2.42. The van der Waals surface area contributed by atoms with Gasteiger partial charge in [-0.15, -0.1) is 0 Å². The van der Waals surface area contributed by atoms with Crippen molar-refractivity contribution in [1.82, 2.24) is 10.3 Å². The molecular weight excluding hydrogens is 436 g/mol. The van der Waals surface area contributed by atoms with Gasteiger partial charge in [-0.1, -0.05) is 54.1 Å². The van der Waals surface area contributed by atoms with Crippen LogP contribution in [0.25, 0.3) is 22.4 Å². The Bertz CT molecular complexity index is 1170. The maximum Gasteiger partial charge on any atom is 0.218 e. The standard InChI is InChI=1S/C27H29ClN2O3/c1-16-6-3-4-7-18(16)19-8-5-9-20(26(19)28)23-14-17-10-11-22(25(17)27(30-23)32-2)29-21-12-13-33-15-24(21)31/h3-9,14,21-22,24,29,31H,10-13,15H2,1-2H3. The highest BCUT2D eigenvalue weighted by Gasteiger charge is 2.33. The number of aromatic nitrogens is 1. The summed E-state index contributed by atoms with van der Waals surface area (Å²) < 4.78 is 11.1. The van der Waals surface area contributed by atoms with Crippen molar-refractivity contribution in [2.24, 2.45) is 0 Å². The molecule has 1 aliphatic heterocycles. The summed E-state index contributed by atoms with van der Waals surface area (Å²) in [6, 6.07) is 16.6. The average Bonchev–Trinajstić information content (AvgIpc) is 3.23. The molecule has 2 aliphatic rings. The van der Waals surface area contributed by atoms with E-state index in [1.165, 1.54) is 11.1 Å². The molecule has 0 saturated carbocycles. The minimum absolute atomic E-state index is 0.0133. The fourth-order valence-corrected chi connectivity index (χ4v) is 5.38. The van der Waals surface area contributed by atoms with E-state index < -0.39 is 6.10 Å². The van der Waals surface area contributed by atoms with Gasteiger partial charge in [0.2, 0.25) is 5.88 Å². The molecule has 3 atom stereocenters. The van der Waals surface area contributed by atoms with Crippen LogP contribution in [-0.4, -0.2) is 42.6 Å². The summed E-state index contributed by atoms with van der Waals surface area (Å²) in [4.78, 5) is 4.88. The Morgan fingerprint density at radius 1 is 1.09 bits per heavy atom. The molecule has 0 spiro atoms. The van der Waals surface area contributed by atoms with Gasteiger partial charge in [0, 0.05) is 35.4 Å². The number of pyridine rings is 1. The predicted octanol–water partition coefficient (Wildman–Crippen LogP) is 5.11. The summed E-state index contributed by atoms with van der Waals surface area (Å²) in [5, 5.41) is 14.6. The van der Waals surface area contributed by atoms with Crippen LogP contribution in [0, 0.1) is 6.92 Å². The largest absolute Gasteiger partial charge is 0.481 e. The van der Waals surface area contributed by atoms with Crippen LogP contribution in [0.3, 0.4) is 0 Å². The molecule has 3 aromatic rings. The molecule has 1 aliphatic carbocycles. The molecule has 2 N–H and O–H groups in total. The zero-order valence-electron chi connectivity index (χ0n) is 19.0. The number of rotatable bonds is 5. The number of aryl methyl sites for hydroxylation is 2. The fourth-order valence-electron chi connectivity index (χ4n) is 5.05. The molecule has 0 amide bonds. The summed E-state index contributed by atoms with van der Waals surface area (Å²) >= 11 is 6.94. The highest BCUT2D eigenvalue weighted by molar-refractivity contribution is 6.36. The van der Waals surface area contributed by atoms with Crippen molar-refractivity contribution in [1.29, 1.82) is 0 Å². The maximum atomic E-state index is 10.3. The number of ether oxygens (including phenoxy) is 2. The number of nitrogens with one attached hydrogen (secondary N) is 1. The Kier molecular flexibility index (Phi) is 6.39. The van der Waals surface area contributed by atoms with Crippen molar-refractivity contribution in [3.05, 3.63) is 70.2 Å². The number of fused-ring (bicyclic) bond motifs is 1. The van der Waals surface area contributed by atoms with Gasteiger partial charge in [0.05, 0.1) is 30.5 Å². The van der Waals surface area contributed by atoms with Gasteiger partial charge >= 0.3 is 0 Å². The average molecular weight is 465 g/mol. The van der Waals surface area contributed by atoms with Crippen LogP contribution in [0.2, 0.25) is 5.02 Å². The first-order valence-electron chi connectivity index (χ1n) is 11.5. The molecule has 0 bridgehead atoms. The van der Waals surface area contributed by atoms with Gasteiger partial charge in [-0.05, 0) is 48.9 Å². The van der Waals surface area contributed by atoms with Crippen LogP contribution in [0.1, 0.15) is 35.6 Å². The van der Waals surface area contributed by atoms with Crippen molar-refractivity contribution in [2.75, 3.05) is 20.3 Å². The van der Waals surface area contributed by atoms with Crippen molar-refractivity contribution in [2.45, 2.75) is 44.4 Å². The molecule has 0 radical (unpaired) electrons. The van der Waals surface area contributed by atoms with E-state index in [2.05, 4.69) is 36.5 Å². The van der Waals surface area contributed by atoms with Crippen molar-refractivity contribution in [3.8, 4) is 28.3 Å². The van der Waals surface area contributed by atoms with Crippen molar-refractivity contribution < 1.29 is 14.6 Å². The van der Waals surface area contributed by atoms with Crippen LogP contribution < -0.4 is 10.1 Å². The number of benzene rings is 2. The van der Waals surface area contributed by atoms with Crippen molar-refractivity contribution >= 4 is 11.6 Å². The van der Waals surface area contributed by atoms with Crippen LogP contribution in [0.15, 0.2) is 48.5 Å². The quantitative estimate of drug-likeness (QED) is 0.549. The lowest BCUT2D eigenvalue weighted by Gasteiger charge is -2.31. The highest BCUT2D eigenvalue weighted by atomic mass is 35.5. The molecule has 1 aromatic heterocycles. The van der Waals surface area contributed by atoms with Crippen molar-refractivity contribution in [3.63, 3.8) is 0 Å². The zero-order chi connectivity index (χ0) is 22.9. The van der Waals surface area contributed by atoms with E-state index >= 15 is 0 Å². The number of methoxy groups -OCH3 is 1. The molecule has 1 fully saturated rings. The maximum absolute atomic E-state index is 10.3. The predicted molar refractivity (Wildman–Crippen MR) is 131 cm³/mol. The topological polar surface area (TPSA) is 63.6 Å². The van der Waals surface area contributed by atoms with Gasteiger partial charge in [0.1, 0.15) is 0 Å². The lowest BCUT2D eigenvalue weighted by Crippen LogP contribution is -2.47. The summed E-state index contributed by atoms with van der Waals surface area (Å²) in [5.41, 5.74) is 7.32. The number of aliphatic hydroxyl groups is 1. The molecule has 6 heteroatoms. The molecule has 2 aromatic carbocycles. The molecule has 3 unspecified atom stereocenters. The van der Waals surface area contributed by atoms with E-state index in [1.807, 2.05) is 24.3 Å². The van der Waals surface area contributed by atoms with Gasteiger partial charge in [-0.3, -0.25) is 0 Å². The second kappa shape index (κ2) is 9.43. The molecule has 2 heterocycles.